The van der Waals surface area contributed by atoms with E-state index >= 15 is 0 Å². The normalized spacial score (nSPS) is 26.8. The monoisotopic (exact) mass is 270 g/mol. The quantitative estimate of drug-likeness (QED) is 0.810. The fraction of sp³-hybridized carbons (Fsp3) is 0.929. The summed E-state index contributed by atoms with van der Waals surface area (Å²) in [5.74, 6) is 0.237. The number of nitrogens with zero attached hydrogens (tertiary/aromatic N) is 2. The molecule has 1 amide bonds. The molecule has 110 valence electrons. The third kappa shape index (κ3) is 4.75. The fourth-order valence-electron chi connectivity index (χ4n) is 2.82. The zero-order valence-corrected chi connectivity index (χ0v) is 11.7. The van der Waals surface area contributed by atoms with Crippen LogP contribution in [0.4, 0.5) is 0 Å². The van der Waals surface area contributed by atoms with Crippen LogP contribution in [0.5, 0.6) is 0 Å². The van der Waals surface area contributed by atoms with E-state index in [9.17, 15) is 4.79 Å². The standard InChI is InChI=1S/C14H26N2O3/c17-12-13-10-15(8-9-19-13)11-14(18)16-6-4-2-1-3-5-7-16/h13,17H,1-12H2. The molecule has 0 aromatic heterocycles. The van der Waals surface area contributed by atoms with E-state index in [1.165, 1.54) is 19.3 Å². The van der Waals surface area contributed by atoms with Gasteiger partial charge in [-0.05, 0) is 12.8 Å². The molecular weight excluding hydrogens is 244 g/mol. The number of likely N-dealkylation sites (tertiary alicyclic amines) is 1. The molecule has 1 atom stereocenters. The molecule has 2 fully saturated rings. The molecule has 2 heterocycles. The molecular formula is C14H26N2O3. The smallest absolute Gasteiger partial charge is 0.236 e. The number of ether oxygens (including phenoxy) is 1. The second-order valence-corrected chi connectivity index (χ2v) is 5.56. The van der Waals surface area contributed by atoms with E-state index in [1.54, 1.807) is 0 Å². The van der Waals surface area contributed by atoms with Crippen molar-refractivity contribution >= 4 is 5.91 Å². The maximum atomic E-state index is 12.3. The minimum atomic E-state index is -0.131. The van der Waals surface area contributed by atoms with Crippen molar-refractivity contribution in [2.75, 3.05) is 45.9 Å². The summed E-state index contributed by atoms with van der Waals surface area (Å²) in [6.07, 6.45) is 5.93. The maximum Gasteiger partial charge on any atom is 0.236 e. The number of aliphatic hydroxyl groups is 1. The lowest BCUT2D eigenvalue weighted by Crippen LogP contribution is -2.49. The van der Waals surface area contributed by atoms with Crippen molar-refractivity contribution < 1.29 is 14.6 Å². The second kappa shape index (κ2) is 7.82. The molecule has 0 bridgehead atoms. The highest BCUT2D eigenvalue weighted by atomic mass is 16.5. The van der Waals surface area contributed by atoms with Crippen molar-refractivity contribution in [1.29, 1.82) is 0 Å². The molecule has 0 aromatic rings. The van der Waals surface area contributed by atoms with E-state index in [0.717, 1.165) is 32.5 Å². The molecule has 0 aromatic carbocycles. The van der Waals surface area contributed by atoms with Crippen LogP contribution in [0, 0.1) is 0 Å². The van der Waals surface area contributed by atoms with Gasteiger partial charge in [0.2, 0.25) is 5.91 Å². The number of aliphatic hydroxyl groups excluding tert-OH is 1. The molecule has 2 aliphatic heterocycles. The average molecular weight is 270 g/mol. The largest absolute Gasteiger partial charge is 0.394 e. The van der Waals surface area contributed by atoms with Crippen LogP contribution in [0.2, 0.25) is 0 Å². The Kier molecular flexibility index (Phi) is 6.07. The minimum absolute atomic E-state index is 0.0361. The molecule has 0 saturated carbocycles. The van der Waals surface area contributed by atoms with Crippen LogP contribution >= 0.6 is 0 Å². The lowest BCUT2D eigenvalue weighted by Gasteiger charge is -2.33. The van der Waals surface area contributed by atoms with Crippen molar-refractivity contribution in [3.8, 4) is 0 Å². The van der Waals surface area contributed by atoms with Gasteiger partial charge in [0.25, 0.3) is 0 Å². The highest BCUT2D eigenvalue weighted by molar-refractivity contribution is 5.78. The van der Waals surface area contributed by atoms with Crippen molar-refractivity contribution in [1.82, 2.24) is 9.80 Å². The third-order valence-electron chi connectivity index (χ3n) is 3.99. The Morgan fingerprint density at radius 1 is 1.11 bits per heavy atom. The number of carbonyl (C=O) groups is 1. The second-order valence-electron chi connectivity index (χ2n) is 5.56. The average Bonchev–Trinajstić information content (AvgIpc) is 2.38. The van der Waals surface area contributed by atoms with Crippen molar-refractivity contribution in [2.24, 2.45) is 0 Å². The Morgan fingerprint density at radius 3 is 2.47 bits per heavy atom. The minimum Gasteiger partial charge on any atom is -0.394 e. The van der Waals surface area contributed by atoms with Gasteiger partial charge in [-0.2, -0.15) is 0 Å². The fourth-order valence-corrected chi connectivity index (χ4v) is 2.82. The first-order valence-electron chi connectivity index (χ1n) is 7.52. The van der Waals surface area contributed by atoms with Gasteiger partial charge in [0.1, 0.15) is 0 Å². The summed E-state index contributed by atoms with van der Waals surface area (Å²) < 4.78 is 5.40. The van der Waals surface area contributed by atoms with E-state index in [4.69, 9.17) is 9.84 Å². The molecule has 1 unspecified atom stereocenters. The van der Waals surface area contributed by atoms with Crippen LogP contribution in [0.1, 0.15) is 32.1 Å². The van der Waals surface area contributed by atoms with Crippen LogP contribution in [-0.4, -0.2) is 72.9 Å². The molecule has 5 heteroatoms. The van der Waals surface area contributed by atoms with Gasteiger partial charge in [0.05, 0.1) is 25.9 Å². The zero-order valence-electron chi connectivity index (χ0n) is 11.7. The number of amides is 1. The predicted molar refractivity (Wildman–Crippen MR) is 72.9 cm³/mol. The first-order chi connectivity index (χ1) is 9.29. The molecule has 0 radical (unpaired) electrons. The molecule has 19 heavy (non-hydrogen) atoms. The van der Waals surface area contributed by atoms with E-state index in [1.807, 2.05) is 4.90 Å². The molecule has 0 aliphatic carbocycles. The van der Waals surface area contributed by atoms with Crippen molar-refractivity contribution in [2.45, 2.75) is 38.2 Å². The first kappa shape index (κ1) is 14.8. The van der Waals surface area contributed by atoms with Crippen molar-refractivity contribution in [3.63, 3.8) is 0 Å². The Balaban J connectivity index is 1.78. The molecule has 0 spiro atoms. The lowest BCUT2D eigenvalue weighted by atomic mass is 10.1. The van der Waals surface area contributed by atoms with E-state index in [2.05, 4.69) is 4.90 Å². The highest BCUT2D eigenvalue weighted by Gasteiger charge is 2.23. The number of carbonyl (C=O) groups excluding carboxylic acids is 1. The van der Waals surface area contributed by atoms with Gasteiger partial charge in [-0.25, -0.2) is 0 Å². The Morgan fingerprint density at radius 2 is 1.79 bits per heavy atom. The van der Waals surface area contributed by atoms with Gasteiger partial charge < -0.3 is 14.7 Å². The van der Waals surface area contributed by atoms with Crippen molar-refractivity contribution in [3.05, 3.63) is 0 Å². The van der Waals surface area contributed by atoms with Crippen LogP contribution in [0.15, 0.2) is 0 Å². The van der Waals surface area contributed by atoms with Crippen LogP contribution in [0.25, 0.3) is 0 Å². The highest BCUT2D eigenvalue weighted by Crippen LogP contribution is 2.11. The van der Waals surface area contributed by atoms with Gasteiger partial charge in [-0.1, -0.05) is 19.3 Å². The lowest BCUT2D eigenvalue weighted by molar-refractivity contribution is -0.135. The Labute approximate surface area is 115 Å². The molecule has 1 N–H and O–H groups in total. The van der Waals surface area contributed by atoms with E-state index < -0.39 is 0 Å². The molecule has 5 nitrogen and oxygen atoms in total. The van der Waals surface area contributed by atoms with Crippen LogP contribution in [0.3, 0.4) is 0 Å². The number of rotatable bonds is 3. The summed E-state index contributed by atoms with van der Waals surface area (Å²) in [4.78, 5) is 16.4. The number of morpholine rings is 1. The first-order valence-corrected chi connectivity index (χ1v) is 7.52. The maximum absolute atomic E-state index is 12.3. The SMILES string of the molecule is O=C(CN1CCOC(CO)C1)N1CCCCCCC1. The van der Waals surface area contributed by atoms with E-state index in [-0.39, 0.29) is 18.6 Å². The summed E-state index contributed by atoms with van der Waals surface area (Å²) >= 11 is 0. The molecule has 2 saturated heterocycles. The van der Waals surface area contributed by atoms with Crippen LogP contribution < -0.4 is 0 Å². The van der Waals surface area contributed by atoms with Gasteiger partial charge in [0.15, 0.2) is 0 Å². The van der Waals surface area contributed by atoms with Gasteiger partial charge in [-0.15, -0.1) is 0 Å². The number of hydrogen-bond donors (Lipinski definition) is 1. The Bertz CT molecular complexity index is 278. The van der Waals surface area contributed by atoms with E-state index in [0.29, 0.717) is 19.7 Å². The zero-order chi connectivity index (χ0) is 13.5. The summed E-state index contributed by atoms with van der Waals surface area (Å²) in [7, 11) is 0. The van der Waals surface area contributed by atoms with Gasteiger partial charge in [0, 0.05) is 26.2 Å². The summed E-state index contributed by atoms with van der Waals surface area (Å²) in [5.41, 5.74) is 0. The van der Waals surface area contributed by atoms with Gasteiger partial charge in [-0.3, -0.25) is 9.69 Å². The number of hydrogen-bond acceptors (Lipinski definition) is 4. The topological polar surface area (TPSA) is 53.0 Å². The summed E-state index contributed by atoms with van der Waals surface area (Å²) in [6, 6.07) is 0. The summed E-state index contributed by atoms with van der Waals surface area (Å²) in [5, 5.41) is 9.11. The predicted octanol–water partition coefficient (Wildman–Crippen LogP) is 0.472. The molecule has 2 rings (SSSR count). The van der Waals surface area contributed by atoms with Gasteiger partial charge >= 0.3 is 0 Å². The van der Waals surface area contributed by atoms with Crippen LogP contribution in [-0.2, 0) is 9.53 Å². The Hall–Kier alpha value is -0.650. The third-order valence-corrected chi connectivity index (χ3v) is 3.99. The summed E-state index contributed by atoms with van der Waals surface area (Å²) in [6.45, 7) is 4.39. The molecule has 2 aliphatic rings.